The molecule has 3 heterocycles. The largest absolute Gasteiger partial charge is 0.373 e. The number of rotatable bonds is 4. The first kappa shape index (κ1) is 14.9. The van der Waals surface area contributed by atoms with Crippen LogP contribution in [0.5, 0.6) is 0 Å². The number of ether oxygens (including phenoxy) is 1. The number of aromatic nitrogens is 2. The van der Waals surface area contributed by atoms with Crippen molar-refractivity contribution in [3.05, 3.63) is 53.7 Å². The number of anilines is 1. The van der Waals surface area contributed by atoms with Crippen LogP contribution in [-0.4, -0.2) is 41.6 Å². The summed E-state index contributed by atoms with van der Waals surface area (Å²) in [6, 6.07) is 8.87. The molecule has 5 nitrogen and oxygen atoms in total. The van der Waals surface area contributed by atoms with E-state index in [1.165, 1.54) is 6.07 Å². The first-order valence-electron chi connectivity index (χ1n) is 7.34. The molecule has 2 aromatic heterocycles. The molecule has 0 aromatic carbocycles. The van der Waals surface area contributed by atoms with Crippen LogP contribution in [-0.2, 0) is 11.3 Å². The molecule has 1 atom stereocenters. The number of halogens is 1. The van der Waals surface area contributed by atoms with Gasteiger partial charge >= 0.3 is 0 Å². The number of hydrogen-bond acceptors (Lipinski definition) is 5. The second-order valence-corrected chi connectivity index (χ2v) is 5.22. The van der Waals surface area contributed by atoms with Gasteiger partial charge in [-0.05, 0) is 24.3 Å². The zero-order valence-electron chi connectivity index (χ0n) is 12.5. The second-order valence-electron chi connectivity index (χ2n) is 5.22. The van der Waals surface area contributed by atoms with Crippen molar-refractivity contribution in [3.63, 3.8) is 0 Å². The average molecular weight is 302 g/mol. The van der Waals surface area contributed by atoms with Gasteiger partial charge in [-0.3, -0.25) is 9.88 Å². The SMILES string of the molecule is CNc1cccc([C@H]2CN(Cc3ncccc3F)CCO2)n1. The molecule has 0 amide bonds. The van der Waals surface area contributed by atoms with Gasteiger partial charge in [0, 0.05) is 32.9 Å². The summed E-state index contributed by atoms with van der Waals surface area (Å²) in [5.41, 5.74) is 1.36. The van der Waals surface area contributed by atoms with Crippen LogP contribution in [0.25, 0.3) is 0 Å². The summed E-state index contributed by atoms with van der Waals surface area (Å²) in [6.07, 6.45) is 1.52. The normalized spacial score (nSPS) is 19.1. The summed E-state index contributed by atoms with van der Waals surface area (Å²) >= 11 is 0. The summed E-state index contributed by atoms with van der Waals surface area (Å²) in [5.74, 6) is 0.551. The zero-order valence-corrected chi connectivity index (χ0v) is 12.5. The van der Waals surface area contributed by atoms with Gasteiger partial charge in [-0.25, -0.2) is 9.37 Å². The van der Waals surface area contributed by atoms with Crippen molar-refractivity contribution in [2.75, 3.05) is 32.1 Å². The molecule has 6 heteroatoms. The van der Waals surface area contributed by atoms with Gasteiger partial charge in [-0.15, -0.1) is 0 Å². The Bertz CT molecular complexity index is 637. The Morgan fingerprint density at radius 3 is 3.09 bits per heavy atom. The molecule has 1 aliphatic rings. The van der Waals surface area contributed by atoms with Gasteiger partial charge in [0.2, 0.25) is 0 Å². The molecule has 1 saturated heterocycles. The van der Waals surface area contributed by atoms with Gasteiger partial charge < -0.3 is 10.1 Å². The van der Waals surface area contributed by atoms with Crippen molar-refractivity contribution in [2.24, 2.45) is 0 Å². The molecule has 1 fully saturated rings. The van der Waals surface area contributed by atoms with Crippen LogP contribution in [0.1, 0.15) is 17.5 Å². The van der Waals surface area contributed by atoms with E-state index in [-0.39, 0.29) is 11.9 Å². The fourth-order valence-electron chi connectivity index (χ4n) is 2.54. The Hall–Kier alpha value is -2.05. The van der Waals surface area contributed by atoms with E-state index in [1.807, 2.05) is 25.2 Å². The fourth-order valence-corrected chi connectivity index (χ4v) is 2.54. The van der Waals surface area contributed by atoms with Crippen LogP contribution in [0.2, 0.25) is 0 Å². The highest BCUT2D eigenvalue weighted by Gasteiger charge is 2.24. The Morgan fingerprint density at radius 2 is 2.27 bits per heavy atom. The lowest BCUT2D eigenvalue weighted by Gasteiger charge is -2.32. The number of hydrogen-bond donors (Lipinski definition) is 1. The first-order chi connectivity index (χ1) is 10.8. The maximum absolute atomic E-state index is 13.7. The number of morpholine rings is 1. The summed E-state index contributed by atoms with van der Waals surface area (Å²) in [6.45, 7) is 2.53. The molecule has 0 spiro atoms. The van der Waals surface area contributed by atoms with Crippen molar-refractivity contribution in [2.45, 2.75) is 12.6 Å². The van der Waals surface area contributed by atoms with Gasteiger partial charge in [0.1, 0.15) is 17.7 Å². The minimum absolute atomic E-state index is 0.103. The number of nitrogens with zero attached hydrogens (tertiary/aromatic N) is 3. The molecular weight excluding hydrogens is 283 g/mol. The zero-order chi connectivity index (χ0) is 15.4. The summed E-state index contributed by atoms with van der Waals surface area (Å²) < 4.78 is 19.5. The Morgan fingerprint density at radius 1 is 1.36 bits per heavy atom. The third-order valence-electron chi connectivity index (χ3n) is 3.72. The molecular formula is C16H19FN4O. The molecule has 3 rings (SSSR count). The Balaban J connectivity index is 1.70. The lowest BCUT2D eigenvalue weighted by atomic mass is 10.1. The van der Waals surface area contributed by atoms with E-state index in [1.54, 1.807) is 12.3 Å². The van der Waals surface area contributed by atoms with Crippen LogP contribution in [0.4, 0.5) is 10.2 Å². The summed E-state index contributed by atoms with van der Waals surface area (Å²) in [7, 11) is 1.84. The topological polar surface area (TPSA) is 50.3 Å². The van der Waals surface area contributed by atoms with E-state index in [0.717, 1.165) is 18.1 Å². The minimum Gasteiger partial charge on any atom is -0.373 e. The molecule has 1 aliphatic heterocycles. The maximum atomic E-state index is 13.7. The predicted octanol–water partition coefficient (Wildman–Crippen LogP) is 2.23. The van der Waals surface area contributed by atoms with E-state index in [2.05, 4.69) is 20.2 Å². The molecule has 0 bridgehead atoms. The molecule has 0 aliphatic carbocycles. The van der Waals surface area contributed by atoms with Crippen LogP contribution >= 0.6 is 0 Å². The van der Waals surface area contributed by atoms with Crippen LogP contribution in [0.3, 0.4) is 0 Å². The van der Waals surface area contributed by atoms with Gasteiger partial charge in [0.25, 0.3) is 0 Å². The van der Waals surface area contributed by atoms with Crippen LogP contribution in [0.15, 0.2) is 36.5 Å². The fraction of sp³-hybridized carbons (Fsp3) is 0.375. The van der Waals surface area contributed by atoms with Gasteiger partial charge in [-0.1, -0.05) is 6.07 Å². The summed E-state index contributed by atoms with van der Waals surface area (Å²) in [4.78, 5) is 10.8. The molecule has 0 saturated carbocycles. The molecule has 22 heavy (non-hydrogen) atoms. The van der Waals surface area contributed by atoms with Crippen LogP contribution in [0, 0.1) is 5.82 Å². The molecule has 0 radical (unpaired) electrons. The van der Waals surface area contributed by atoms with E-state index in [9.17, 15) is 4.39 Å². The molecule has 1 N–H and O–H groups in total. The standard InChI is InChI=1S/C16H19FN4O/c1-18-16-6-2-5-13(20-16)15-11-21(8-9-22-15)10-14-12(17)4-3-7-19-14/h2-7,15H,8-11H2,1H3,(H,18,20)/t15-/m1/s1. The van der Waals surface area contributed by atoms with Crippen molar-refractivity contribution in [1.82, 2.24) is 14.9 Å². The van der Waals surface area contributed by atoms with Gasteiger partial charge in [-0.2, -0.15) is 0 Å². The summed E-state index contributed by atoms with van der Waals surface area (Å²) in [5, 5.41) is 3.03. The van der Waals surface area contributed by atoms with Gasteiger partial charge in [0.15, 0.2) is 0 Å². The highest BCUT2D eigenvalue weighted by molar-refractivity contribution is 5.34. The maximum Gasteiger partial charge on any atom is 0.146 e. The number of nitrogens with one attached hydrogen (secondary N) is 1. The van der Waals surface area contributed by atoms with Gasteiger partial charge in [0.05, 0.1) is 18.0 Å². The second kappa shape index (κ2) is 6.81. The van der Waals surface area contributed by atoms with Crippen LogP contribution < -0.4 is 5.32 Å². The smallest absolute Gasteiger partial charge is 0.146 e. The third-order valence-corrected chi connectivity index (χ3v) is 3.72. The predicted molar refractivity (Wildman–Crippen MR) is 81.9 cm³/mol. The molecule has 116 valence electrons. The van der Waals surface area contributed by atoms with E-state index in [0.29, 0.717) is 25.4 Å². The number of pyridine rings is 2. The first-order valence-corrected chi connectivity index (χ1v) is 7.34. The van der Waals surface area contributed by atoms with Crippen molar-refractivity contribution >= 4 is 5.82 Å². The van der Waals surface area contributed by atoms with E-state index < -0.39 is 0 Å². The third kappa shape index (κ3) is 3.40. The Kier molecular flexibility index (Phi) is 4.60. The monoisotopic (exact) mass is 302 g/mol. The Labute approximate surface area is 129 Å². The molecule has 0 unspecified atom stereocenters. The lowest BCUT2D eigenvalue weighted by Crippen LogP contribution is -2.38. The van der Waals surface area contributed by atoms with Crippen molar-refractivity contribution in [3.8, 4) is 0 Å². The highest BCUT2D eigenvalue weighted by atomic mass is 19.1. The highest BCUT2D eigenvalue weighted by Crippen LogP contribution is 2.23. The van der Waals surface area contributed by atoms with E-state index in [4.69, 9.17) is 4.74 Å². The van der Waals surface area contributed by atoms with E-state index >= 15 is 0 Å². The molecule has 2 aromatic rings. The van der Waals surface area contributed by atoms with Crippen molar-refractivity contribution < 1.29 is 9.13 Å². The van der Waals surface area contributed by atoms with Crippen molar-refractivity contribution in [1.29, 1.82) is 0 Å². The lowest BCUT2D eigenvalue weighted by molar-refractivity contribution is -0.0355. The quantitative estimate of drug-likeness (QED) is 0.938. The minimum atomic E-state index is -0.263. The average Bonchev–Trinajstić information content (AvgIpc) is 2.57.